The molecule has 1 aromatic carbocycles. The van der Waals surface area contributed by atoms with Crippen LogP contribution in [-0.4, -0.2) is 44.0 Å². The normalized spacial score (nSPS) is 11.4. The molecule has 21 heavy (non-hydrogen) atoms. The minimum Gasteiger partial charge on any atom is -0.365 e. The van der Waals surface area contributed by atoms with Gasteiger partial charge in [-0.2, -0.15) is 0 Å². The van der Waals surface area contributed by atoms with Gasteiger partial charge >= 0.3 is 0 Å². The van der Waals surface area contributed by atoms with Crippen molar-refractivity contribution in [1.29, 1.82) is 0 Å². The fraction of sp³-hybridized carbons (Fsp3) is 0.562. The Labute approximate surface area is 136 Å². The summed E-state index contributed by atoms with van der Waals surface area (Å²) in [6.45, 7) is 7.56. The highest BCUT2D eigenvalue weighted by molar-refractivity contribution is 9.10. The summed E-state index contributed by atoms with van der Waals surface area (Å²) in [6.07, 6.45) is 0. The zero-order valence-corrected chi connectivity index (χ0v) is 15.4. The molecule has 1 aromatic rings. The predicted molar refractivity (Wildman–Crippen MR) is 92.7 cm³/mol. The number of rotatable bonds is 5. The van der Waals surface area contributed by atoms with Crippen molar-refractivity contribution in [3.8, 4) is 0 Å². The first-order valence-corrected chi connectivity index (χ1v) is 7.84. The lowest BCUT2D eigenvalue weighted by Crippen LogP contribution is -2.37. The summed E-state index contributed by atoms with van der Waals surface area (Å²) in [5.41, 5.74) is 2.30. The van der Waals surface area contributed by atoms with Crippen LogP contribution in [0.5, 0.6) is 0 Å². The number of benzene rings is 1. The van der Waals surface area contributed by atoms with Gasteiger partial charge in [-0.15, -0.1) is 0 Å². The molecule has 0 aliphatic heterocycles. The van der Waals surface area contributed by atoms with Crippen molar-refractivity contribution < 1.29 is 4.79 Å². The largest absolute Gasteiger partial charge is 0.365 e. The van der Waals surface area contributed by atoms with E-state index in [1.807, 2.05) is 24.1 Å². The number of anilines is 1. The Morgan fingerprint density at radius 2 is 1.86 bits per heavy atom. The standard InChI is InChI=1S/C16H26BrN3O/c1-16(2,3)18-10-12-9-13(17)7-8-14(12)20(6)11-15(21)19(4)5/h7-9,18H,10-11H2,1-6H3. The molecule has 0 aromatic heterocycles. The van der Waals surface area contributed by atoms with E-state index in [1.165, 1.54) is 5.56 Å². The zero-order chi connectivity index (χ0) is 16.2. The zero-order valence-electron chi connectivity index (χ0n) is 13.8. The SMILES string of the molecule is CN(C)C(=O)CN(C)c1ccc(Br)cc1CNC(C)(C)C. The summed E-state index contributed by atoms with van der Waals surface area (Å²) in [5.74, 6) is 0.0927. The molecule has 118 valence electrons. The van der Waals surface area contributed by atoms with Crippen molar-refractivity contribution in [1.82, 2.24) is 10.2 Å². The van der Waals surface area contributed by atoms with Crippen LogP contribution in [0.1, 0.15) is 26.3 Å². The number of amides is 1. The Hall–Kier alpha value is -1.07. The molecule has 0 saturated carbocycles. The first-order valence-electron chi connectivity index (χ1n) is 7.05. The molecular weight excluding hydrogens is 330 g/mol. The smallest absolute Gasteiger partial charge is 0.241 e. The predicted octanol–water partition coefficient (Wildman–Crippen LogP) is 2.86. The van der Waals surface area contributed by atoms with Gasteiger partial charge in [0.1, 0.15) is 0 Å². The molecule has 4 nitrogen and oxygen atoms in total. The van der Waals surface area contributed by atoms with Crippen LogP contribution in [0.3, 0.4) is 0 Å². The number of likely N-dealkylation sites (N-methyl/N-ethyl adjacent to an activating group) is 2. The Balaban J connectivity index is 2.92. The second kappa shape index (κ2) is 7.27. The van der Waals surface area contributed by atoms with E-state index < -0.39 is 0 Å². The van der Waals surface area contributed by atoms with Gasteiger partial charge in [-0.05, 0) is 44.5 Å². The lowest BCUT2D eigenvalue weighted by atomic mass is 10.1. The van der Waals surface area contributed by atoms with Gasteiger partial charge in [-0.25, -0.2) is 0 Å². The summed E-state index contributed by atoms with van der Waals surface area (Å²) < 4.78 is 1.05. The highest BCUT2D eigenvalue weighted by atomic mass is 79.9. The maximum atomic E-state index is 11.9. The van der Waals surface area contributed by atoms with Crippen molar-refractivity contribution in [2.45, 2.75) is 32.9 Å². The van der Waals surface area contributed by atoms with Crippen molar-refractivity contribution >= 4 is 27.5 Å². The third-order valence-electron chi connectivity index (χ3n) is 3.13. The van der Waals surface area contributed by atoms with Crippen LogP contribution < -0.4 is 10.2 Å². The maximum absolute atomic E-state index is 11.9. The van der Waals surface area contributed by atoms with Crippen LogP contribution in [0.2, 0.25) is 0 Å². The van der Waals surface area contributed by atoms with E-state index in [0.717, 1.165) is 16.7 Å². The molecule has 0 radical (unpaired) electrons. The highest BCUT2D eigenvalue weighted by Gasteiger charge is 2.15. The molecular formula is C16H26BrN3O. The van der Waals surface area contributed by atoms with Crippen LogP contribution >= 0.6 is 15.9 Å². The van der Waals surface area contributed by atoms with Crippen LogP contribution in [0.15, 0.2) is 22.7 Å². The van der Waals surface area contributed by atoms with E-state index in [0.29, 0.717) is 6.54 Å². The minimum atomic E-state index is 0.0532. The summed E-state index contributed by atoms with van der Waals surface area (Å²) in [5, 5.41) is 3.49. The second-order valence-electron chi connectivity index (χ2n) is 6.52. The van der Waals surface area contributed by atoms with Crippen molar-refractivity contribution in [3.63, 3.8) is 0 Å². The monoisotopic (exact) mass is 355 g/mol. The van der Waals surface area contributed by atoms with Gasteiger partial charge in [0.25, 0.3) is 0 Å². The maximum Gasteiger partial charge on any atom is 0.241 e. The summed E-state index contributed by atoms with van der Waals surface area (Å²) >= 11 is 3.52. The van der Waals surface area contributed by atoms with Crippen LogP contribution in [0, 0.1) is 0 Å². The van der Waals surface area contributed by atoms with Gasteiger partial charge in [0.2, 0.25) is 5.91 Å². The van der Waals surface area contributed by atoms with E-state index in [4.69, 9.17) is 0 Å². The van der Waals surface area contributed by atoms with E-state index in [1.54, 1.807) is 19.0 Å². The van der Waals surface area contributed by atoms with Crippen molar-refractivity contribution in [3.05, 3.63) is 28.2 Å². The molecule has 0 atom stereocenters. The van der Waals surface area contributed by atoms with Gasteiger partial charge in [0.05, 0.1) is 6.54 Å². The average Bonchev–Trinajstić information content (AvgIpc) is 2.35. The lowest BCUT2D eigenvalue weighted by molar-refractivity contribution is -0.127. The molecule has 0 aliphatic carbocycles. The van der Waals surface area contributed by atoms with Crippen molar-refractivity contribution in [2.75, 3.05) is 32.6 Å². The molecule has 0 aliphatic rings. The Morgan fingerprint density at radius 3 is 2.38 bits per heavy atom. The number of carbonyl (C=O) groups is 1. The molecule has 0 heterocycles. The van der Waals surface area contributed by atoms with Crippen LogP contribution in [0.4, 0.5) is 5.69 Å². The second-order valence-corrected chi connectivity index (χ2v) is 7.44. The average molecular weight is 356 g/mol. The lowest BCUT2D eigenvalue weighted by Gasteiger charge is -2.26. The number of halogens is 1. The van der Waals surface area contributed by atoms with Gasteiger partial charge < -0.3 is 15.1 Å². The Kier molecular flexibility index (Phi) is 6.23. The third kappa shape index (κ3) is 6.06. The minimum absolute atomic E-state index is 0.0532. The topological polar surface area (TPSA) is 35.6 Å². The summed E-state index contributed by atoms with van der Waals surface area (Å²) in [6, 6.07) is 6.16. The number of carbonyl (C=O) groups excluding carboxylic acids is 1. The van der Waals surface area contributed by atoms with E-state index in [2.05, 4.69) is 48.1 Å². The molecule has 0 bridgehead atoms. The number of hydrogen-bond acceptors (Lipinski definition) is 3. The molecule has 1 N–H and O–H groups in total. The first-order chi connectivity index (χ1) is 9.60. The summed E-state index contributed by atoms with van der Waals surface area (Å²) in [7, 11) is 5.50. The van der Waals surface area contributed by atoms with Gasteiger partial charge in [-0.3, -0.25) is 4.79 Å². The Morgan fingerprint density at radius 1 is 1.24 bits per heavy atom. The molecule has 5 heteroatoms. The molecule has 0 saturated heterocycles. The van der Waals surface area contributed by atoms with Crippen LogP contribution in [-0.2, 0) is 11.3 Å². The summed E-state index contributed by atoms with van der Waals surface area (Å²) in [4.78, 5) is 15.5. The molecule has 0 unspecified atom stereocenters. The van der Waals surface area contributed by atoms with E-state index >= 15 is 0 Å². The fourth-order valence-corrected chi connectivity index (χ4v) is 2.27. The van der Waals surface area contributed by atoms with Gasteiger partial charge in [0, 0.05) is 43.4 Å². The molecule has 1 amide bonds. The highest BCUT2D eigenvalue weighted by Crippen LogP contribution is 2.24. The quantitative estimate of drug-likeness (QED) is 0.881. The Bertz CT molecular complexity index is 495. The number of nitrogens with zero attached hydrogens (tertiary/aromatic N) is 2. The molecule has 0 spiro atoms. The van der Waals surface area contributed by atoms with E-state index in [9.17, 15) is 4.79 Å². The van der Waals surface area contributed by atoms with Crippen molar-refractivity contribution in [2.24, 2.45) is 0 Å². The molecule has 0 fully saturated rings. The van der Waals surface area contributed by atoms with Gasteiger partial charge in [0.15, 0.2) is 0 Å². The third-order valence-corrected chi connectivity index (χ3v) is 3.63. The van der Waals surface area contributed by atoms with Crippen LogP contribution in [0.25, 0.3) is 0 Å². The van der Waals surface area contributed by atoms with E-state index in [-0.39, 0.29) is 11.4 Å². The number of nitrogens with one attached hydrogen (secondary N) is 1. The first kappa shape index (κ1) is 18.0. The number of hydrogen-bond donors (Lipinski definition) is 1. The van der Waals surface area contributed by atoms with Gasteiger partial charge in [-0.1, -0.05) is 15.9 Å². The fourth-order valence-electron chi connectivity index (χ4n) is 1.86. The molecule has 1 rings (SSSR count).